The lowest BCUT2D eigenvalue weighted by Crippen LogP contribution is -2.52. The zero-order valence-corrected chi connectivity index (χ0v) is 15.8. The van der Waals surface area contributed by atoms with E-state index in [1.807, 2.05) is 0 Å². The summed E-state index contributed by atoms with van der Waals surface area (Å²) in [5.41, 5.74) is -1.91. The Kier molecular flexibility index (Phi) is 4.42. The third-order valence-electron chi connectivity index (χ3n) is 5.29. The van der Waals surface area contributed by atoms with Crippen LogP contribution in [0, 0.1) is 22.0 Å². The molecule has 0 aliphatic carbocycles. The second kappa shape index (κ2) is 6.73. The minimum Gasteiger partial charge on any atom is -0.422 e. The number of nitrogens with zero attached hydrogens (tertiary/aromatic N) is 2. The number of carbonyl (C=O) groups is 4. The van der Waals surface area contributed by atoms with E-state index in [9.17, 15) is 29.3 Å². The van der Waals surface area contributed by atoms with Gasteiger partial charge in [0.25, 0.3) is 12.0 Å². The number of carbonyl (C=O) groups excluding carboxylic acids is 4. The van der Waals surface area contributed by atoms with E-state index in [1.165, 1.54) is 24.3 Å². The number of non-ortho nitro benzene ring substituents is 1. The summed E-state index contributed by atoms with van der Waals surface area (Å²) in [6, 6.07) is 5.13. The van der Waals surface area contributed by atoms with Crippen LogP contribution in [0.3, 0.4) is 0 Å². The van der Waals surface area contributed by atoms with E-state index in [4.69, 9.17) is 14.2 Å². The zero-order valence-electron chi connectivity index (χ0n) is 15.8. The second-order valence-electron chi connectivity index (χ2n) is 7.14. The average Bonchev–Trinajstić information content (AvgIpc) is 3.32. The molecule has 11 nitrogen and oxygen atoms in total. The van der Waals surface area contributed by atoms with Crippen molar-refractivity contribution in [1.82, 2.24) is 0 Å². The van der Waals surface area contributed by atoms with Crippen molar-refractivity contribution in [3.63, 3.8) is 0 Å². The third kappa shape index (κ3) is 2.77. The molecular formula is C19H16N2O9. The molecule has 30 heavy (non-hydrogen) atoms. The van der Waals surface area contributed by atoms with Gasteiger partial charge in [-0.25, -0.2) is 4.90 Å². The summed E-state index contributed by atoms with van der Waals surface area (Å²) in [7, 11) is 0. The highest BCUT2D eigenvalue weighted by Gasteiger charge is 2.72. The fourth-order valence-electron chi connectivity index (χ4n) is 4.22. The first-order valence-electron chi connectivity index (χ1n) is 8.99. The van der Waals surface area contributed by atoms with Gasteiger partial charge in [0.15, 0.2) is 5.60 Å². The predicted octanol–water partition coefficient (Wildman–Crippen LogP) is 0.860. The van der Waals surface area contributed by atoms with Crippen molar-refractivity contribution in [3.8, 4) is 0 Å². The summed E-state index contributed by atoms with van der Waals surface area (Å²) in [5, 5.41) is 11.1. The molecule has 0 aromatic heterocycles. The number of nitro groups is 1. The molecule has 4 rings (SSSR count). The summed E-state index contributed by atoms with van der Waals surface area (Å²) in [4.78, 5) is 60.8. The fourth-order valence-corrected chi connectivity index (χ4v) is 4.22. The molecule has 2 bridgehead atoms. The minimum absolute atomic E-state index is 0.0414. The molecule has 0 radical (unpaired) electrons. The first-order valence-corrected chi connectivity index (χ1v) is 8.99. The molecule has 0 saturated carbocycles. The van der Waals surface area contributed by atoms with Crippen LogP contribution in [0.25, 0.3) is 0 Å². The minimum atomic E-state index is -1.67. The van der Waals surface area contributed by atoms with Gasteiger partial charge in [0.05, 0.1) is 28.6 Å². The van der Waals surface area contributed by atoms with E-state index >= 15 is 0 Å². The Balaban J connectivity index is 1.75. The van der Waals surface area contributed by atoms with Gasteiger partial charge in [-0.15, -0.1) is 0 Å². The van der Waals surface area contributed by atoms with Gasteiger partial charge in [0.1, 0.15) is 0 Å². The number of ether oxygens (including phenoxy) is 3. The lowest BCUT2D eigenvalue weighted by Gasteiger charge is -2.34. The third-order valence-corrected chi connectivity index (χ3v) is 5.29. The molecule has 2 amide bonds. The van der Waals surface area contributed by atoms with Crippen molar-refractivity contribution in [3.05, 3.63) is 46.5 Å². The summed E-state index contributed by atoms with van der Waals surface area (Å²) in [6.45, 7) is 2.21. The van der Waals surface area contributed by atoms with Crippen LogP contribution in [0.15, 0.2) is 36.4 Å². The molecule has 3 heterocycles. The van der Waals surface area contributed by atoms with Gasteiger partial charge >= 0.3 is 11.9 Å². The van der Waals surface area contributed by atoms with Crippen molar-refractivity contribution in [2.45, 2.75) is 31.8 Å². The molecule has 1 aromatic carbocycles. The number of amides is 2. The number of fused-ring (bicyclic) bond motifs is 5. The van der Waals surface area contributed by atoms with Crippen molar-refractivity contribution < 1.29 is 38.3 Å². The number of hydrogen-bond acceptors (Lipinski definition) is 9. The Labute approximate surface area is 169 Å². The van der Waals surface area contributed by atoms with Gasteiger partial charge in [-0.2, -0.15) is 0 Å². The van der Waals surface area contributed by atoms with Gasteiger partial charge < -0.3 is 14.2 Å². The average molecular weight is 416 g/mol. The van der Waals surface area contributed by atoms with Crippen molar-refractivity contribution in [2.24, 2.45) is 11.8 Å². The first kappa shape index (κ1) is 19.7. The number of nitro benzene ring substituents is 1. The molecule has 11 heteroatoms. The molecule has 3 aliphatic heterocycles. The molecule has 0 N–H and O–H groups in total. The van der Waals surface area contributed by atoms with Crippen LogP contribution in [-0.2, 0) is 33.4 Å². The maximum Gasteiger partial charge on any atom is 0.305 e. The van der Waals surface area contributed by atoms with Gasteiger partial charge in [-0.05, 0) is 12.1 Å². The Bertz CT molecular complexity index is 1000. The Hall–Kier alpha value is -3.60. The number of imide groups is 1. The highest BCUT2D eigenvalue weighted by atomic mass is 16.7. The second-order valence-corrected chi connectivity index (χ2v) is 7.14. The summed E-state index contributed by atoms with van der Waals surface area (Å²) in [5.74, 6) is -4.93. The molecule has 3 aliphatic rings. The first-order chi connectivity index (χ1) is 14.2. The summed E-state index contributed by atoms with van der Waals surface area (Å²) < 4.78 is 16.1. The normalized spacial score (nSPS) is 28.8. The highest BCUT2D eigenvalue weighted by Crippen LogP contribution is 2.54. The van der Waals surface area contributed by atoms with Crippen LogP contribution < -0.4 is 4.90 Å². The maximum absolute atomic E-state index is 13.3. The lowest BCUT2D eigenvalue weighted by atomic mass is 9.76. The molecule has 4 atom stereocenters. The van der Waals surface area contributed by atoms with Crippen LogP contribution in [0.1, 0.15) is 13.8 Å². The SMILES string of the molecule is CC(=O)OC(OC(C)=O)[C@@]12C=C[C@@H](O1)[C@@H]1C(=O)N(c3cccc([N+](=O)[O-])c3)C(=O)[C@@H]12. The molecule has 2 fully saturated rings. The Morgan fingerprint density at radius 3 is 2.47 bits per heavy atom. The number of anilines is 1. The Morgan fingerprint density at radius 1 is 1.20 bits per heavy atom. The molecule has 156 valence electrons. The fraction of sp³-hybridized carbons (Fsp3) is 0.368. The summed E-state index contributed by atoms with van der Waals surface area (Å²) in [6.07, 6.45) is 0.621. The van der Waals surface area contributed by atoms with E-state index in [0.717, 1.165) is 24.8 Å². The predicted molar refractivity (Wildman–Crippen MR) is 96.6 cm³/mol. The monoisotopic (exact) mass is 416 g/mol. The molecule has 0 spiro atoms. The Morgan fingerprint density at radius 2 is 1.87 bits per heavy atom. The molecular weight excluding hydrogens is 400 g/mol. The largest absolute Gasteiger partial charge is 0.422 e. The highest BCUT2D eigenvalue weighted by molar-refractivity contribution is 6.23. The number of hydrogen-bond donors (Lipinski definition) is 0. The van der Waals surface area contributed by atoms with E-state index < -0.39 is 58.5 Å². The van der Waals surface area contributed by atoms with Crippen LogP contribution in [0.4, 0.5) is 11.4 Å². The van der Waals surface area contributed by atoms with Gasteiger partial charge in [0, 0.05) is 26.0 Å². The van der Waals surface area contributed by atoms with E-state index in [-0.39, 0.29) is 11.4 Å². The number of rotatable bonds is 5. The van der Waals surface area contributed by atoms with Crippen molar-refractivity contribution >= 4 is 35.1 Å². The van der Waals surface area contributed by atoms with Gasteiger partial charge in [0.2, 0.25) is 11.8 Å². The van der Waals surface area contributed by atoms with Gasteiger partial charge in [-0.1, -0.05) is 12.1 Å². The topological polar surface area (TPSA) is 142 Å². The van der Waals surface area contributed by atoms with E-state index in [2.05, 4.69) is 0 Å². The van der Waals surface area contributed by atoms with Crippen LogP contribution in [0.2, 0.25) is 0 Å². The number of esters is 2. The summed E-state index contributed by atoms with van der Waals surface area (Å²) >= 11 is 0. The van der Waals surface area contributed by atoms with Gasteiger partial charge in [-0.3, -0.25) is 29.3 Å². The van der Waals surface area contributed by atoms with Crippen LogP contribution in [0.5, 0.6) is 0 Å². The molecule has 0 unspecified atom stereocenters. The molecule has 2 saturated heterocycles. The number of benzene rings is 1. The van der Waals surface area contributed by atoms with Crippen molar-refractivity contribution in [2.75, 3.05) is 4.90 Å². The smallest absolute Gasteiger partial charge is 0.305 e. The van der Waals surface area contributed by atoms with Crippen molar-refractivity contribution in [1.29, 1.82) is 0 Å². The lowest BCUT2D eigenvalue weighted by molar-refractivity contribution is -0.384. The van der Waals surface area contributed by atoms with E-state index in [0.29, 0.717) is 0 Å². The van der Waals surface area contributed by atoms with Crippen LogP contribution in [-0.4, -0.2) is 46.7 Å². The quantitative estimate of drug-likeness (QED) is 0.170. The zero-order chi connectivity index (χ0) is 21.8. The maximum atomic E-state index is 13.3. The molecule has 1 aromatic rings. The van der Waals surface area contributed by atoms with Crippen LogP contribution >= 0.6 is 0 Å². The standard InChI is InChI=1S/C19H16N2O9/c1-9(22)28-18(29-10(2)23)19-7-6-13(30-19)14-15(19)17(25)20(16(14)24)11-4-3-5-12(8-11)21(26)27/h3-8,13-15,18H,1-2H3/t13-,14+,15-,19+/m1/s1. The van der Waals surface area contributed by atoms with E-state index in [1.54, 1.807) is 6.08 Å².